The molecule has 9 nitrogen and oxygen atoms in total. The van der Waals surface area contributed by atoms with E-state index in [-0.39, 0.29) is 5.82 Å². The molecule has 3 heterocycles. The normalized spacial score (nSPS) is 13.9. The molecule has 0 aliphatic heterocycles. The summed E-state index contributed by atoms with van der Waals surface area (Å²) in [4.78, 5) is 21.7. The van der Waals surface area contributed by atoms with Crippen molar-refractivity contribution in [3.63, 3.8) is 0 Å². The van der Waals surface area contributed by atoms with Gasteiger partial charge >= 0.3 is 6.18 Å². The maximum absolute atomic E-state index is 13.1. The third-order valence-corrected chi connectivity index (χ3v) is 7.90. The van der Waals surface area contributed by atoms with Crippen LogP contribution >= 0.6 is 7.14 Å². The van der Waals surface area contributed by atoms with Crippen molar-refractivity contribution in [1.82, 2.24) is 29.5 Å². The van der Waals surface area contributed by atoms with Crippen LogP contribution in [0.3, 0.4) is 0 Å². The van der Waals surface area contributed by atoms with Crippen LogP contribution in [0, 0.1) is 0 Å². The number of imidazole rings is 1. The molecule has 0 unspecified atom stereocenters. The number of rotatable bonds is 8. The number of aromatic nitrogens is 6. The van der Waals surface area contributed by atoms with Crippen LogP contribution in [0.25, 0.3) is 22.8 Å². The molecule has 0 atom stereocenters. The highest BCUT2D eigenvalue weighted by Crippen LogP contribution is 2.45. The zero-order valence-corrected chi connectivity index (χ0v) is 22.7. The molecule has 1 fully saturated rings. The number of anilines is 1. The predicted octanol–water partition coefficient (Wildman–Crippen LogP) is 5.10. The fraction of sp³-hybridized carbons (Fsp3) is 0.346. The summed E-state index contributed by atoms with van der Waals surface area (Å²) in [5.41, 5.74) is 1.91. The van der Waals surface area contributed by atoms with Crippen LogP contribution in [0.1, 0.15) is 35.7 Å². The van der Waals surface area contributed by atoms with E-state index in [1.807, 2.05) is 0 Å². The van der Waals surface area contributed by atoms with Crippen molar-refractivity contribution in [2.24, 2.45) is 7.05 Å². The number of nitrogens with one attached hydrogen (secondary N) is 1. The fourth-order valence-electron chi connectivity index (χ4n) is 4.26. The van der Waals surface area contributed by atoms with Crippen molar-refractivity contribution < 1.29 is 22.5 Å². The van der Waals surface area contributed by atoms with Gasteiger partial charge in [-0.05, 0) is 31.7 Å². The van der Waals surface area contributed by atoms with Crippen LogP contribution in [-0.2, 0) is 24.3 Å². The minimum Gasteiger partial charge on any atom is -0.480 e. The second-order valence-corrected chi connectivity index (χ2v) is 13.0. The average Bonchev–Trinajstić information content (AvgIpc) is 3.66. The first-order chi connectivity index (χ1) is 18.5. The maximum atomic E-state index is 13.1. The molecular formula is C26H27F3N7O2P. The van der Waals surface area contributed by atoms with Gasteiger partial charge in [0.2, 0.25) is 5.88 Å². The van der Waals surface area contributed by atoms with E-state index >= 15 is 0 Å². The van der Waals surface area contributed by atoms with Crippen LogP contribution in [0.4, 0.5) is 19.0 Å². The van der Waals surface area contributed by atoms with E-state index in [9.17, 15) is 17.7 Å². The monoisotopic (exact) mass is 557 g/mol. The molecule has 0 radical (unpaired) electrons. The molecule has 5 rings (SSSR count). The van der Waals surface area contributed by atoms with Crippen LogP contribution < -0.4 is 15.4 Å². The van der Waals surface area contributed by atoms with E-state index < -0.39 is 19.0 Å². The quantitative estimate of drug-likeness (QED) is 0.298. The second-order valence-electron chi connectivity index (χ2n) is 9.80. The van der Waals surface area contributed by atoms with Gasteiger partial charge in [-0.2, -0.15) is 13.2 Å². The summed E-state index contributed by atoms with van der Waals surface area (Å²) in [5, 5.41) is 3.77. The van der Waals surface area contributed by atoms with E-state index in [0.717, 1.165) is 30.3 Å². The molecule has 0 spiro atoms. The van der Waals surface area contributed by atoms with Crippen molar-refractivity contribution >= 4 is 18.3 Å². The summed E-state index contributed by atoms with van der Waals surface area (Å²) in [6.07, 6.45) is 1.52. The lowest BCUT2D eigenvalue weighted by Crippen LogP contribution is -2.17. The molecule has 3 aromatic heterocycles. The first kappa shape index (κ1) is 26.8. The van der Waals surface area contributed by atoms with Gasteiger partial charge in [0.15, 0.2) is 11.5 Å². The van der Waals surface area contributed by atoms with E-state index in [1.165, 1.54) is 25.1 Å². The third-order valence-electron chi connectivity index (χ3n) is 6.41. The third kappa shape index (κ3) is 5.66. The van der Waals surface area contributed by atoms with Crippen molar-refractivity contribution in [2.75, 3.05) is 25.8 Å². The summed E-state index contributed by atoms with van der Waals surface area (Å²) in [7, 11) is 0.309. The van der Waals surface area contributed by atoms with Crippen molar-refractivity contribution in [3.05, 3.63) is 59.9 Å². The Hall–Kier alpha value is -3.79. The highest BCUT2D eigenvalue weighted by Gasteiger charge is 2.35. The molecular weight excluding hydrogens is 530 g/mol. The Balaban J connectivity index is 1.43. The average molecular weight is 558 g/mol. The van der Waals surface area contributed by atoms with Crippen LogP contribution in [0.5, 0.6) is 5.88 Å². The van der Waals surface area contributed by atoms with E-state index in [0.29, 0.717) is 46.4 Å². The molecule has 0 amide bonds. The molecule has 4 aromatic rings. The Labute approximate surface area is 223 Å². The molecule has 0 saturated heterocycles. The second kappa shape index (κ2) is 10.1. The van der Waals surface area contributed by atoms with Gasteiger partial charge in [-0.3, -0.25) is 0 Å². The number of nitrogens with zero attached hydrogens (tertiary/aromatic N) is 6. The first-order valence-corrected chi connectivity index (χ1v) is 14.8. The Kier molecular flexibility index (Phi) is 6.92. The highest BCUT2D eigenvalue weighted by molar-refractivity contribution is 7.70. The lowest BCUT2D eigenvalue weighted by molar-refractivity contribution is -0.140. The highest BCUT2D eigenvalue weighted by atomic mass is 31.2. The minimum atomic E-state index is -4.51. The van der Waals surface area contributed by atoms with Crippen LogP contribution in [-0.4, -0.2) is 49.9 Å². The molecule has 1 aliphatic rings. The number of hydrogen-bond acceptors (Lipinski definition) is 8. The largest absolute Gasteiger partial charge is 0.480 e. The van der Waals surface area contributed by atoms with Gasteiger partial charge in [-0.1, -0.05) is 24.3 Å². The fourth-order valence-corrected chi connectivity index (χ4v) is 5.24. The lowest BCUT2D eigenvalue weighted by Gasteiger charge is -2.17. The van der Waals surface area contributed by atoms with E-state index in [2.05, 4.69) is 25.3 Å². The van der Waals surface area contributed by atoms with Gasteiger partial charge in [-0.25, -0.2) is 24.9 Å². The Morgan fingerprint density at radius 1 is 1.10 bits per heavy atom. The molecule has 39 heavy (non-hydrogen) atoms. The standard InChI is InChI=1S/C26H27F3N7O2P/c1-36-13-19(26(27,28)29)34-24(36)17-7-5-15(6-8-17)11-30-22-18(39(3,4)37)12-31-23(35-22)20-21(16-9-10-16)32-14-33-25(20)38-2/h5-8,12-14,16H,9-11H2,1-4H3,(H,30,31,35). The molecule has 1 aliphatic carbocycles. The zero-order chi connectivity index (χ0) is 27.9. The smallest absolute Gasteiger partial charge is 0.434 e. The van der Waals surface area contributed by atoms with Gasteiger partial charge in [0.1, 0.15) is 30.7 Å². The Morgan fingerprint density at radius 2 is 1.82 bits per heavy atom. The molecule has 13 heteroatoms. The van der Waals surface area contributed by atoms with E-state index in [1.54, 1.807) is 43.8 Å². The minimum absolute atomic E-state index is 0.216. The molecule has 1 N–H and O–H groups in total. The number of alkyl halides is 3. The summed E-state index contributed by atoms with van der Waals surface area (Å²) in [5.74, 6) is 1.68. The SMILES string of the molecule is COc1ncnc(C2CC2)c1-c1ncc(P(C)(C)=O)c(NCc2ccc(-c3nc(C(F)(F)F)cn3C)cc2)n1. The molecule has 204 valence electrons. The topological polar surface area (TPSA) is 108 Å². The van der Waals surface area contributed by atoms with Gasteiger partial charge < -0.3 is 19.2 Å². The van der Waals surface area contributed by atoms with E-state index in [4.69, 9.17) is 9.72 Å². The summed E-state index contributed by atoms with van der Waals surface area (Å²) in [6, 6.07) is 7.01. The zero-order valence-electron chi connectivity index (χ0n) is 21.8. The number of ether oxygens (including phenoxy) is 1. The summed E-state index contributed by atoms with van der Waals surface area (Å²) in [6.45, 7) is 3.63. The first-order valence-electron chi connectivity index (χ1n) is 12.2. The van der Waals surface area contributed by atoms with Gasteiger partial charge in [-0.15, -0.1) is 0 Å². The predicted molar refractivity (Wildman–Crippen MR) is 142 cm³/mol. The van der Waals surface area contributed by atoms with Gasteiger partial charge in [0.05, 0.1) is 18.1 Å². The number of halogens is 3. The molecule has 1 saturated carbocycles. The van der Waals surface area contributed by atoms with Gasteiger partial charge in [0.25, 0.3) is 0 Å². The summed E-state index contributed by atoms with van der Waals surface area (Å²) < 4.78 is 59.0. The Morgan fingerprint density at radius 3 is 2.41 bits per heavy atom. The summed E-state index contributed by atoms with van der Waals surface area (Å²) >= 11 is 0. The number of hydrogen-bond donors (Lipinski definition) is 1. The van der Waals surface area contributed by atoms with Crippen molar-refractivity contribution in [2.45, 2.75) is 31.5 Å². The Bertz CT molecular complexity index is 1560. The van der Waals surface area contributed by atoms with Crippen molar-refractivity contribution in [1.29, 1.82) is 0 Å². The number of methoxy groups -OCH3 is 1. The molecule has 1 aromatic carbocycles. The lowest BCUT2D eigenvalue weighted by atomic mass is 10.1. The molecule has 0 bridgehead atoms. The van der Waals surface area contributed by atoms with Crippen LogP contribution in [0.2, 0.25) is 0 Å². The number of benzene rings is 1. The van der Waals surface area contributed by atoms with Gasteiger partial charge in [0, 0.05) is 37.5 Å². The van der Waals surface area contributed by atoms with Crippen LogP contribution in [0.15, 0.2) is 43.0 Å². The van der Waals surface area contributed by atoms with Crippen molar-refractivity contribution in [3.8, 4) is 28.7 Å². The maximum Gasteiger partial charge on any atom is 0.434 e. The number of aryl methyl sites for hydroxylation is 1.